The molecule has 60 heavy (non-hydrogen) atoms. The number of nitrogens with one attached hydrogen (secondary N) is 1. The van der Waals surface area contributed by atoms with Gasteiger partial charge in [-0.1, -0.05) is 202 Å². The van der Waals surface area contributed by atoms with Crippen molar-refractivity contribution in [2.75, 3.05) is 6.61 Å². The Morgan fingerprint density at radius 3 is 1.40 bits per heavy atom. The summed E-state index contributed by atoms with van der Waals surface area (Å²) in [4.78, 5) is 26.0. The van der Waals surface area contributed by atoms with Gasteiger partial charge in [-0.15, -0.1) is 0 Å². The smallest absolute Gasteiger partial charge is 0.306 e. The second-order valence-electron chi connectivity index (χ2n) is 16.5. The number of hydrogen-bond acceptors (Lipinski definition) is 5. The third kappa shape index (κ3) is 41.8. The lowest BCUT2D eigenvalue weighted by atomic mass is 10.0. The van der Waals surface area contributed by atoms with Crippen LogP contribution in [0.15, 0.2) is 85.1 Å². The van der Waals surface area contributed by atoms with Gasteiger partial charge in [0.15, 0.2) is 0 Å². The molecule has 0 heterocycles. The van der Waals surface area contributed by atoms with E-state index in [-0.39, 0.29) is 31.3 Å². The van der Waals surface area contributed by atoms with Crippen LogP contribution in [0, 0.1) is 0 Å². The number of esters is 1. The van der Waals surface area contributed by atoms with Crippen molar-refractivity contribution in [3.8, 4) is 0 Å². The monoisotopic (exact) mass is 836 g/mol. The number of aliphatic hydroxyl groups excluding tert-OH is 2. The summed E-state index contributed by atoms with van der Waals surface area (Å²) in [6, 6.07) is -0.723. The topological polar surface area (TPSA) is 95.9 Å². The second-order valence-corrected chi connectivity index (χ2v) is 16.5. The number of unbranched alkanes of at least 4 members (excludes halogenated alkanes) is 17. The van der Waals surface area contributed by atoms with Crippen LogP contribution < -0.4 is 5.32 Å². The van der Waals surface area contributed by atoms with E-state index in [0.29, 0.717) is 19.3 Å². The maximum atomic E-state index is 13.1. The SMILES string of the molecule is CC/C=C\C/C=C\C/C=C\C/C=C\C/C=C\C/C=C\CCC(=O)OC(CCCCC/C=C\CCCCC)CC(=O)NC(CO)C(O)CCCCCCCCCCCCCC. The predicted octanol–water partition coefficient (Wildman–Crippen LogP) is 14.8. The Labute approximate surface area is 370 Å². The molecule has 0 aromatic carbocycles. The molecule has 0 rings (SSSR count). The van der Waals surface area contributed by atoms with Crippen molar-refractivity contribution >= 4 is 11.9 Å². The Kier molecular flexibility index (Phi) is 44.8. The number of carbonyl (C=O) groups excluding carboxylic acids is 2. The number of carbonyl (C=O) groups is 2. The van der Waals surface area contributed by atoms with Gasteiger partial charge in [0.2, 0.25) is 5.91 Å². The van der Waals surface area contributed by atoms with Gasteiger partial charge in [-0.3, -0.25) is 9.59 Å². The molecule has 0 aliphatic carbocycles. The molecule has 0 aromatic heterocycles. The molecule has 6 heteroatoms. The van der Waals surface area contributed by atoms with Gasteiger partial charge in [0, 0.05) is 6.42 Å². The summed E-state index contributed by atoms with van der Waals surface area (Å²) < 4.78 is 5.86. The largest absolute Gasteiger partial charge is 0.462 e. The van der Waals surface area contributed by atoms with E-state index in [1.54, 1.807) is 0 Å². The first-order valence-electron chi connectivity index (χ1n) is 24.8. The van der Waals surface area contributed by atoms with Gasteiger partial charge >= 0.3 is 5.97 Å². The number of ether oxygens (including phenoxy) is 1. The van der Waals surface area contributed by atoms with Gasteiger partial charge in [-0.25, -0.2) is 0 Å². The standard InChI is InChI=1S/C54H93NO5/c1-4-7-10-13-16-19-22-24-25-26-27-28-29-30-32-35-38-41-44-47-54(59)60-50(45-42-39-36-33-21-18-15-12-9-6-3)48-53(58)55-51(49-56)52(57)46-43-40-37-34-31-23-20-17-14-11-8-5-2/h7,10,16,18-19,21,24-25,27-28,30,32,38,41,50-52,56-57H,4-6,8-9,11-15,17,20,22-23,26,29,31,33-37,39-40,42-49H2,1-3H3,(H,55,58)/b10-7-,19-16-,21-18-,25-24-,28-27-,32-30-,41-38-. The molecule has 3 unspecified atom stereocenters. The summed E-state index contributed by atoms with van der Waals surface area (Å²) in [7, 11) is 0. The lowest BCUT2D eigenvalue weighted by molar-refractivity contribution is -0.150. The molecule has 3 atom stereocenters. The van der Waals surface area contributed by atoms with Crippen LogP contribution in [0.4, 0.5) is 0 Å². The Morgan fingerprint density at radius 2 is 0.900 bits per heavy atom. The van der Waals surface area contributed by atoms with Crippen LogP contribution in [0.2, 0.25) is 0 Å². The van der Waals surface area contributed by atoms with Crippen molar-refractivity contribution in [1.29, 1.82) is 0 Å². The molecule has 3 N–H and O–H groups in total. The molecule has 0 saturated carbocycles. The Hall–Kier alpha value is -2.96. The van der Waals surface area contributed by atoms with E-state index in [2.05, 4.69) is 105 Å². The van der Waals surface area contributed by atoms with E-state index in [1.807, 2.05) is 6.08 Å². The van der Waals surface area contributed by atoms with E-state index < -0.39 is 18.2 Å². The second kappa shape index (κ2) is 47.1. The van der Waals surface area contributed by atoms with Crippen LogP contribution in [0.1, 0.15) is 220 Å². The van der Waals surface area contributed by atoms with Crippen molar-refractivity contribution < 1.29 is 24.5 Å². The normalized spacial score (nSPS) is 14.0. The molecule has 0 spiro atoms. The van der Waals surface area contributed by atoms with Gasteiger partial charge in [-0.2, -0.15) is 0 Å². The minimum absolute atomic E-state index is 0.0325. The summed E-state index contributed by atoms with van der Waals surface area (Å²) in [6.07, 6.45) is 60.8. The number of aliphatic hydroxyl groups is 2. The average molecular weight is 836 g/mol. The fourth-order valence-corrected chi connectivity index (χ4v) is 6.98. The van der Waals surface area contributed by atoms with E-state index in [9.17, 15) is 19.8 Å². The van der Waals surface area contributed by atoms with E-state index in [4.69, 9.17) is 4.74 Å². The van der Waals surface area contributed by atoms with Gasteiger partial charge in [0.1, 0.15) is 6.10 Å². The molecular formula is C54H93NO5. The molecule has 0 aromatic rings. The van der Waals surface area contributed by atoms with Crippen molar-refractivity contribution in [2.24, 2.45) is 0 Å². The molecule has 0 aliphatic heterocycles. The summed E-state index contributed by atoms with van der Waals surface area (Å²) in [5.74, 6) is -0.597. The lowest BCUT2D eigenvalue weighted by Gasteiger charge is -2.24. The van der Waals surface area contributed by atoms with Gasteiger partial charge in [-0.05, 0) is 89.9 Å². The Balaban J connectivity index is 4.66. The highest BCUT2D eigenvalue weighted by molar-refractivity contribution is 5.77. The van der Waals surface area contributed by atoms with E-state index in [0.717, 1.165) is 89.9 Å². The van der Waals surface area contributed by atoms with Crippen LogP contribution in [-0.2, 0) is 14.3 Å². The van der Waals surface area contributed by atoms with Crippen LogP contribution in [0.5, 0.6) is 0 Å². The predicted molar refractivity (Wildman–Crippen MR) is 259 cm³/mol. The third-order valence-corrected chi connectivity index (χ3v) is 10.7. The summed E-state index contributed by atoms with van der Waals surface area (Å²) in [5, 5.41) is 23.7. The number of allylic oxidation sites excluding steroid dienone is 14. The van der Waals surface area contributed by atoms with Crippen molar-refractivity contribution in [3.63, 3.8) is 0 Å². The quantitative estimate of drug-likeness (QED) is 0.0323. The maximum Gasteiger partial charge on any atom is 0.306 e. The summed E-state index contributed by atoms with van der Waals surface area (Å²) in [5.41, 5.74) is 0. The van der Waals surface area contributed by atoms with E-state index >= 15 is 0 Å². The third-order valence-electron chi connectivity index (χ3n) is 10.7. The first-order chi connectivity index (χ1) is 29.5. The zero-order valence-corrected chi connectivity index (χ0v) is 39.1. The first-order valence-corrected chi connectivity index (χ1v) is 24.8. The lowest BCUT2D eigenvalue weighted by Crippen LogP contribution is -2.46. The molecule has 0 saturated heterocycles. The number of hydrogen-bond donors (Lipinski definition) is 3. The molecule has 0 aliphatic rings. The molecule has 6 nitrogen and oxygen atoms in total. The zero-order chi connectivity index (χ0) is 43.8. The van der Waals surface area contributed by atoms with Crippen LogP contribution in [0.25, 0.3) is 0 Å². The highest BCUT2D eigenvalue weighted by atomic mass is 16.5. The molecular weight excluding hydrogens is 743 g/mol. The van der Waals surface area contributed by atoms with Crippen molar-refractivity contribution in [1.82, 2.24) is 5.32 Å². The minimum Gasteiger partial charge on any atom is -0.462 e. The zero-order valence-electron chi connectivity index (χ0n) is 39.1. The van der Waals surface area contributed by atoms with Crippen LogP contribution in [0.3, 0.4) is 0 Å². The number of amides is 1. The molecule has 344 valence electrons. The fourth-order valence-electron chi connectivity index (χ4n) is 6.98. The Morgan fingerprint density at radius 1 is 0.500 bits per heavy atom. The first kappa shape index (κ1) is 57.0. The number of rotatable bonds is 43. The van der Waals surface area contributed by atoms with Crippen LogP contribution >= 0.6 is 0 Å². The fraction of sp³-hybridized carbons (Fsp3) is 0.704. The van der Waals surface area contributed by atoms with E-state index in [1.165, 1.54) is 77.0 Å². The highest BCUT2D eigenvalue weighted by Crippen LogP contribution is 2.16. The average Bonchev–Trinajstić information content (AvgIpc) is 3.24. The summed E-state index contributed by atoms with van der Waals surface area (Å²) in [6.45, 7) is 6.30. The van der Waals surface area contributed by atoms with Gasteiger partial charge in [0.25, 0.3) is 0 Å². The summed E-state index contributed by atoms with van der Waals surface area (Å²) >= 11 is 0. The van der Waals surface area contributed by atoms with Crippen molar-refractivity contribution in [2.45, 2.75) is 238 Å². The van der Waals surface area contributed by atoms with Crippen molar-refractivity contribution in [3.05, 3.63) is 85.1 Å². The highest BCUT2D eigenvalue weighted by Gasteiger charge is 2.24. The molecule has 1 amide bonds. The Bertz CT molecular complexity index is 1160. The minimum atomic E-state index is -0.806. The molecule has 0 fully saturated rings. The van der Waals surface area contributed by atoms with Gasteiger partial charge in [0.05, 0.1) is 25.2 Å². The molecule has 0 bridgehead atoms. The van der Waals surface area contributed by atoms with Crippen LogP contribution in [-0.4, -0.2) is 46.9 Å². The molecule has 0 radical (unpaired) electrons. The maximum absolute atomic E-state index is 13.1. The van der Waals surface area contributed by atoms with Gasteiger partial charge < -0.3 is 20.3 Å².